The van der Waals surface area contributed by atoms with Gasteiger partial charge in [0.15, 0.2) is 0 Å². The molecule has 0 aliphatic carbocycles. The van der Waals surface area contributed by atoms with E-state index in [0.29, 0.717) is 61.1 Å². The minimum atomic E-state index is -1.08. The first-order chi connectivity index (χ1) is 20.4. The van der Waals surface area contributed by atoms with Gasteiger partial charge in [-0.2, -0.15) is 0 Å². The first-order valence-corrected chi connectivity index (χ1v) is 14.5. The quantitative estimate of drug-likeness (QED) is 0.237. The number of aliphatic imine (C=N–C) groups is 2. The molecule has 10 heteroatoms. The molecule has 0 radical (unpaired) electrons. The summed E-state index contributed by atoms with van der Waals surface area (Å²) >= 11 is 0. The number of carbonyl (C=O) groups excluding carboxylic acids is 2. The lowest BCUT2D eigenvalue weighted by molar-refractivity contribution is -0.137. The summed E-state index contributed by atoms with van der Waals surface area (Å²) in [6.45, 7) is 11.4. The standard InChI is InChI=1S/C33H38N4O6/c1-7-20-19(6)32(42)37-27(20)14-25-18(5)23(10-12-31(40)41)29(35-25)15-28-22(9-11-30(38)39)17(4)24(34-28)13-26-16(3)21(8-2)33(43)36-26/h10,12,34-35H,7-9,11,13-15H2,1-6H3,(H,38,39)(H,40,41)/b12-10-. The van der Waals surface area contributed by atoms with Crippen molar-refractivity contribution in [3.63, 3.8) is 0 Å². The van der Waals surface area contributed by atoms with Gasteiger partial charge in [0.25, 0.3) is 11.8 Å². The number of aromatic amines is 2. The fourth-order valence-electron chi connectivity index (χ4n) is 6.03. The first kappa shape index (κ1) is 31.3. The summed E-state index contributed by atoms with van der Waals surface area (Å²) in [5, 5.41) is 18.8. The largest absolute Gasteiger partial charge is 0.481 e. The predicted molar refractivity (Wildman–Crippen MR) is 165 cm³/mol. The summed E-state index contributed by atoms with van der Waals surface area (Å²) in [6, 6.07) is 0. The maximum atomic E-state index is 12.4. The molecular weight excluding hydrogens is 548 g/mol. The number of nitrogens with zero attached hydrogens (tertiary/aromatic N) is 2. The Kier molecular flexibility index (Phi) is 9.27. The number of carboxylic acid groups (broad SMARTS) is 2. The van der Waals surface area contributed by atoms with Crippen molar-refractivity contribution in [2.24, 2.45) is 9.98 Å². The van der Waals surface area contributed by atoms with Gasteiger partial charge in [0.05, 0.1) is 11.4 Å². The van der Waals surface area contributed by atoms with Crippen LogP contribution in [0.3, 0.4) is 0 Å². The molecule has 43 heavy (non-hydrogen) atoms. The van der Waals surface area contributed by atoms with Gasteiger partial charge in [-0.25, -0.2) is 14.8 Å². The summed E-state index contributed by atoms with van der Waals surface area (Å²) in [5.41, 5.74) is 11.2. The monoisotopic (exact) mass is 586 g/mol. The number of rotatable bonds is 13. The summed E-state index contributed by atoms with van der Waals surface area (Å²) in [5.74, 6) is -2.42. The SMILES string of the molecule is CCC1=C(C)C(Cc2[nH]c(Cc3[nH]c(CC4=NC(=O)C(C)=C4CC)c(C)c3/C=C\C(=O)O)c(CCC(=O)O)c2C)=NC1=O. The number of carboxylic acids is 2. The fourth-order valence-corrected chi connectivity index (χ4v) is 6.03. The number of hydrogen-bond acceptors (Lipinski definition) is 4. The van der Waals surface area contributed by atoms with Crippen LogP contribution in [0.5, 0.6) is 0 Å². The smallest absolute Gasteiger partial charge is 0.328 e. The minimum absolute atomic E-state index is 0.0520. The van der Waals surface area contributed by atoms with Gasteiger partial charge in [0.2, 0.25) is 0 Å². The van der Waals surface area contributed by atoms with Crippen molar-refractivity contribution >= 4 is 41.3 Å². The zero-order chi connectivity index (χ0) is 31.6. The van der Waals surface area contributed by atoms with Crippen LogP contribution in [0.15, 0.2) is 38.4 Å². The number of nitrogens with one attached hydrogen (secondary N) is 2. The van der Waals surface area contributed by atoms with Crippen molar-refractivity contribution in [2.45, 2.75) is 86.5 Å². The van der Waals surface area contributed by atoms with Crippen molar-refractivity contribution in [1.29, 1.82) is 0 Å². The Morgan fingerprint density at radius 3 is 1.95 bits per heavy atom. The van der Waals surface area contributed by atoms with E-state index in [0.717, 1.165) is 62.3 Å². The fraction of sp³-hybridized carbons (Fsp3) is 0.394. The van der Waals surface area contributed by atoms with Crippen LogP contribution in [0.2, 0.25) is 0 Å². The molecule has 4 rings (SSSR count). The van der Waals surface area contributed by atoms with Crippen LogP contribution in [-0.2, 0) is 44.9 Å². The van der Waals surface area contributed by atoms with Crippen molar-refractivity contribution in [2.75, 3.05) is 0 Å². The number of hydrogen-bond donors (Lipinski definition) is 4. The molecule has 0 atom stereocenters. The first-order valence-electron chi connectivity index (χ1n) is 14.5. The molecule has 0 unspecified atom stereocenters. The van der Waals surface area contributed by atoms with Crippen LogP contribution < -0.4 is 0 Å². The average Bonchev–Trinajstić information content (AvgIpc) is 3.59. The zero-order valence-corrected chi connectivity index (χ0v) is 25.5. The van der Waals surface area contributed by atoms with Gasteiger partial charge < -0.3 is 20.2 Å². The van der Waals surface area contributed by atoms with Gasteiger partial charge in [-0.3, -0.25) is 14.4 Å². The van der Waals surface area contributed by atoms with Gasteiger partial charge in [-0.1, -0.05) is 13.8 Å². The Balaban J connectivity index is 1.75. The highest BCUT2D eigenvalue weighted by molar-refractivity contribution is 6.20. The zero-order valence-electron chi connectivity index (χ0n) is 25.5. The van der Waals surface area contributed by atoms with Gasteiger partial charge >= 0.3 is 11.9 Å². The van der Waals surface area contributed by atoms with E-state index in [4.69, 9.17) is 0 Å². The molecule has 2 aliphatic heterocycles. The highest BCUT2D eigenvalue weighted by Gasteiger charge is 2.27. The molecule has 4 N–H and O–H groups in total. The Morgan fingerprint density at radius 2 is 1.35 bits per heavy atom. The van der Waals surface area contributed by atoms with Gasteiger partial charge in [0, 0.05) is 65.7 Å². The molecule has 0 saturated carbocycles. The van der Waals surface area contributed by atoms with Gasteiger partial charge in [-0.15, -0.1) is 0 Å². The van der Waals surface area contributed by atoms with E-state index in [1.165, 1.54) is 0 Å². The molecule has 226 valence electrons. The number of allylic oxidation sites excluding steroid dienone is 2. The van der Waals surface area contributed by atoms with Crippen molar-refractivity contribution in [3.8, 4) is 0 Å². The van der Waals surface area contributed by atoms with E-state index in [2.05, 4.69) is 20.0 Å². The van der Waals surface area contributed by atoms with Crippen LogP contribution in [0.4, 0.5) is 0 Å². The second-order valence-corrected chi connectivity index (χ2v) is 11.0. The number of H-pyrrole nitrogens is 2. The van der Waals surface area contributed by atoms with E-state index in [1.54, 1.807) is 13.0 Å². The molecule has 2 aromatic rings. The van der Waals surface area contributed by atoms with E-state index < -0.39 is 11.9 Å². The maximum absolute atomic E-state index is 12.4. The van der Waals surface area contributed by atoms with E-state index >= 15 is 0 Å². The van der Waals surface area contributed by atoms with Crippen LogP contribution in [0.25, 0.3) is 6.08 Å². The molecule has 2 aliphatic rings. The number of carbonyl (C=O) groups is 4. The molecule has 0 aromatic carbocycles. The van der Waals surface area contributed by atoms with Crippen LogP contribution >= 0.6 is 0 Å². The average molecular weight is 587 g/mol. The van der Waals surface area contributed by atoms with Crippen molar-refractivity contribution in [1.82, 2.24) is 9.97 Å². The molecule has 2 aromatic heterocycles. The highest BCUT2D eigenvalue weighted by Crippen LogP contribution is 2.30. The van der Waals surface area contributed by atoms with E-state index in [1.807, 2.05) is 34.6 Å². The summed E-state index contributed by atoms with van der Waals surface area (Å²) < 4.78 is 0. The van der Waals surface area contributed by atoms with Crippen molar-refractivity contribution in [3.05, 3.63) is 73.4 Å². The summed E-state index contributed by atoms with van der Waals surface area (Å²) in [4.78, 5) is 63.1. The molecule has 4 heterocycles. The van der Waals surface area contributed by atoms with Crippen LogP contribution in [-0.4, -0.2) is 55.4 Å². The maximum Gasteiger partial charge on any atom is 0.328 e. The number of aliphatic carboxylic acids is 2. The second kappa shape index (κ2) is 12.7. The number of amides is 2. The Hall–Kier alpha value is -4.60. The van der Waals surface area contributed by atoms with Gasteiger partial charge in [0.1, 0.15) is 0 Å². The lowest BCUT2D eigenvalue weighted by Gasteiger charge is -2.06. The highest BCUT2D eigenvalue weighted by atomic mass is 16.4. The van der Waals surface area contributed by atoms with E-state index in [-0.39, 0.29) is 18.2 Å². The van der Waals surface area contributed by atoms with E-state index in [9.17, 15) is 29.4 Å². The summed E-state index contributed by atoms with van der Waals surface area (Å²) in [7, 11) is 0. The normalized spacial score (nSPS) is 15.4. The molecule has 0 saturated heterocycles. The molecule has 0 spiro atoms. The molecule has 10 nitrogen and oxygen atoms in total. The molecule has 2 amide bonds. The third kappa shape index (κ3) is 6.43. The minimum Gasteiger partial charge on any atom is -0.481 e. The predicted octanol–water partition coefficient (Wildman–Crippen LogP) is 5.17. The number of aromatic nitrogens is 2. The van der Waals surface area contributed by atoms with Crippen LogP contribution in [0, 0.1) is 13.8 Å². The molecule has 0 bridgehead atoms. The van der Waals surface area contributed by atoms with Gasteiger partial charge in [-0.05, 0) is 86.4 Å². The lowest BCUT2D eigenvalue weighted by atomic mass is 9.97. The third-order valence-electron chi connectivity index (χ3n) is 8.52. The Morgan fingerprint density at radius 1 is 0.744 bits per heavy atom. The molecular formula is C33H38N4O6. The van der Waals surface area contributed by atoms with Crippen LogP contribution in [0.1, 0.15) is 92.0 Å². The molecule has 0 fully saturated rings. The summed E-state index contributed by atoms with van der Waals surface area (Å²) in [6.07, 6.45) is 5.35. The van der Waals surface area contributed by atoms with Crippen molar-refractivity contribution < 1.29 is 29.4 Å². The lowest BCUT2D eigenvalue weighted by Crippen LogP contribution is -2.06. The Bertz CT molecular complexity index is 1690. The third-order valence-corrected chi connectivity index (χ3v) is 8.52. The Labute approximate surface area is 250 Å². The topological polar surface area (TPSA) is 165 Å². The second-order valence-electron chi connectivity index (χ2n) is 11.0.